The van der Waals surface area contributed by atoms with Gasteiger partial charge in [-0.25, -0.2) is 0 Å². The van der Waals surface area contributed by atoms with Gasteiger partial charge in [-0.15, -0.1) is 11.3 Å². The van der Waals surface area contributed by atoms with Crippen LogP contribution in [-0.2, 0) is 0 Å². The van der Waals surface area contributed by atoms with Crippen molar-refractivity contribution in [3.05, 3.63) is 67.8 Å². The average Bonchev–Trinajstić information content (AvgIpc) is 2.77. The molecule has 0 fully saturated rings. The summed E-state index contributed by atoms with van der Waals surface area (Å²) in [4.78, 5) is 0.0462. The quantitative estimate of drug-likeness (QED) is 0.416. The van der Waals surface area contributed by atoms with E-state index in [2.05, 4.69) is 59.3 Å². The highest BCUT2D eigenvalue weighted by Gasteiger charge is 2.20. The highest BCUT2D eigenvalue weighted by molar-refractivity contribution is 9.09. The standard InChI is InChI=1S/C16H11BrCl2S/c1-9-6-7-10-4-2-3-5-11(10)14(9)15(17)12-8-13(18)20-16(12)19/h2-8,15H,1H3. The first kappa shape index (κ1) is 14.4. The van der Waals surface area contributed by atoms with Crippen LogP contribution >= 0.6 is 50.5 Å². The predicted octanol–water partition coefficient (Wildman–Crippen LogP) is 7.00. The minimum absolute atomic E-state index is 0.0462. The van der Waals surface area contributed by atoms with Crippen molar-refractivity contribution in [3.63, 3.8) is 0 Å². The normalized spacial score (nSPS) is 12.8. The summed E-state index contributed by atoms with van der Waals surface area (Å²) < 4.78 is 1.46. The summed E-state index contributed by atoms with van der Waals surface area (Å²) in [6, 6.07) is 14.6. The Morgan fingerprint density at radius 3 is 2.55 bits per heavy atom. The van der Waals surface area contributed by atoms with Gasteiger partial charge in [0, 0.05) is 5.56 Å². The van der Waals surface area contributed by atoms with Gasteiger partial charge >= 0.3 is 0 Å². The van der Waals surface area contributed by atoms with Gasteiger partial charge in [0.15, 0.2) is 0 Å². The number of rotatable bonds is 2. The van der Waals surface area contributed by atoms with Crippen molar-refractivity contribution < 1.29 is 0 Å². The van der Waals surface area contributed by atoms with Crippen LogP contribution in [0.3, 0.4) is 0 Å². The van der Waals surface area contributed by atoms with Gasteiger partial charge in [-0.05, 0) is 34.9 Å². The maximum Gasteiger partial charge on any atom is 0.0990 e. The molecule has 3 aromatic rings. The van der Waals surface area contributed by atoms with E-state index in [0.717, 1.165) is 9.90 Å². The van der Waals surface area contributed by atoms with Crippen molar-refractivity contribution in [1.82, 2.24) is 0 Å². The molecule has 0 N–H and O–H groups in total. The van der Waals surface area contributed by atoms with Crippen LogP contribution in [0, 0.1) is 6.92 Å². The molecule has 0 nitrogen and oxygen atoms in total. The van der Waals surface area contributed by atoms with Crippen molar-refractivity contribution >= 4 is 61.2 Å². The second kappa shape index (κ2) is 5.69. The monoisotopic (exact) mass is 384 g/mol. The summed E-state index contributed by atoms with van der Waals surface area (Å²) in [6.45, 7) is 2.12. The molecule has 0 bridgehead atoms. The number of hydrogen-bond acceptors (Lipinski definition) is 1. The summed E-state index contributed by atoms with van der Waals surface area (Å²) in [6.07, 6.45) is 0. The molecule has 1 heterocycles. The zero-order valence-corrected chi connectivity index (χ0v) is 14.6. The molecule has 20 heavy (non-hydrogen) atoms. The Kier molecular flexibility index (Phi) is 4.09. The lowest BCUT2D eigenvalue weighted by Gasteiger charge is -2.16. The van der Waals surface area contributed by atoms with E-state index in [1.165, 1.54) is 33.2 Å². The highest BCUT2D eigenvalue weighted by atomic mass is 79.9. The molecule has 0 spiro atoms. The molecule has 0 radical (unpaired) electrons. The van der Waals surface area contributed by atoms with Gasteiger partial charge in [-0.3, -0.25) is 0 Å². The molecule has 0 saturated carbocycles. The Morgan fingerprint density at radius 1 is 1.10 bits per heavy atom. The summed E-state index contributed by atoms with van der Waals surface area (Å²) in [5.41, 5.74) is 3.52. The van der Waals surface area contributed by atoms with Crippen LogP contribution in [0.2, 0.25) is 8.67 Å². The summed E-state index contributed by atoms with van der Waals surface area (Å²) in [7, 11) is 0. The molecular weight excluding hydrogens is 375 g/mol. The molecule has 102 valence electrons. The topological polar surface area (TPSA) is 0 Å². The zero-order chi connectivity index (χ0) is 14.3. The van der Waals surface area contributed by atoms with E-state index in [4.69, 9.17) is 23.2 Å². The summed E-state index contributed by atoms with van der Waals surface area (Å²) in [5.74, 6) is 0. The largest absolute Gasteiger partial charge is 0.111 e. The van der Waals surface area contributed by atoms with E-state index in [1.807, 2.05) is 6.07 Å². The first-order chi connectivity index (χ1) is 9.58. The fraction of sp³-hybridized carbons (Fsp3) is 0.125. The predicted molar refractivity (Wildman–Crippen MR) is 93.8 cm³/mol. The minimum atomic E-state index is 0.0462. The lowest BCUT2D eigenvalue weighted by atomic mass is 9.95. The van der Waals surface area contributed by atoms with Gasteiger partial charge < -0.3 is 0 Å². The van der Waals surface area contributed by atoms with Crippen molar-refractivity contribution in [2.75, 3.05) is 0 Å². The van der Waals surface area contributed by atoms with Crippen molar-refractivity contribution in [2.24, 2.45) is 0 Å². The van der Waals surface area contributed by atoms with Crippen LogP contribution in [-0.4, -0.2) is 0 Å². The van der Waals surface area contributed by atoms with E-state index >= 15 is 0 Å². The van der Waals surface area contributed by atoms with Gasteiger partial charge in [0.05, 0.1) is 13.5 Å². The maximum atomic E-state index is 6.30. The van der Waals surface area contributed by atoms with E-state index in [0.29, 0.717) is 4.34 Å². The van der Waals surface area contributed by atoms with Gasteiger partial charge in [0.25, 0.3) is 0 Å². The molecule has 0 aliphatic heterocycles. The van der Waals surface area contributed by atoms with Crippen LogP contribution in [0.5, 0.6) is 0 Å². The number of thiophene rings is 1. The Bertz CT molecular complexity index is 779. The number of aryl methyl sites for hydroxylation is 1. The Hall–Kier alpha value is -0.540. The summed E-state index contributed by atoms with van der Waals surface area (Å²) in [5, 5.41) is 2.47. The maximum absolute atomic E-state index is 6.30. The average molecular weight is 386 g/mol. The lowest BCUT2D eigenvalue weighted by Crippen LogP contribution is -1.96. The Labute approximate surface area is 140 Å². The van der Waals surface area contributed by atoms with Crippen molar-refractivity contribution in [1.29, 1.82) is 0 Å². The van der Waals surface area contributed by atoms with Gasteiger partial charge in [-0.2, -0.15) is 0 Å². The lowest BCUT2D eigenvalue weighted by molar-refractivity contribution is 1.18. The van der Waals surface area contributed by atoms with Crippen LogP contribution in [0.25, 0.3) is 10.8 Å². The highest BCUT2D eigenvalue weighted by Crippen LogP contribution is 2.44. The second-order valence-corrected chi connectivity index (χ2v) is 7.86. The van der Waals surface area contributed by atoms with E-state index in [-0.39, 0.29) is 4.83 Å². The smallest absolute Gasteiger partial charge is 0.0990 e. The Balaban J connectivity index is 2.23. The first-order valence-electron chi connectivity index (χ1n) is 6.15. The molecule has 1 aromatic heterocycles. The number of hydrogen-bond donors (Lipinski definition) is 0. The summed E-state index contributed by atoms with van der Waals surface area (Å²) >= 11 is 17.6. The molecule has 3 rings (SSSR count). The van der Waals surface area contributed by atoms with Crippen LogP contribution in [0.4, 0.5) is 0 Å². The molecule has 4 heteroatoms. The van der Waals surface area contributed by atoms with Crippen LogP contribution in [0.1, 0.15) is 21.5 Å². The fourth-order valence-corrected chi connectivity index (χ4v) is 5.21. The van der Waals surface area contributed by atoms with Crippen LogP contribution in [0.15, 0.2) is 42.5 Å². The number of benzene rings is 2. The molecule has 2 aromatic carbocycles. The van der Waals surface area contributed by atoms with Crippen LogP contribution < -0.4 is 0 Å². The van der Waals surface area contributed by atoms with Gasteiger partial charge in [0.1, 0.15) is 0 Å². The second-order valence-electron chi connectivity index (χ2n) is 4.66. The van der Waals surface area contributed by atoms with Crippen molar-refractivity contribution in [2.45, 2.75) is 11.8 Å². The SMILES string of the molecule is Cc1ccc2ccccc2c1C(Br)c1cc(Cl)sc1Cl. The molecular formula is C16H11BrCl2S. The number of fused-ring (bicyclic) bond motifs is 1. The minimum Gasteiger partial charge on any atom is -0.111 e. The number of halogens is 3. The van der Waals surface area contributed by atoms with E-state index in [1.54, 1.807) is 0 Å². The third kappa shape index (κ3) is 2.50. The van der Waals surface area contributed by atoms with Crippen molar-refractivity contribution in [3.8, 4) is 0 Å². The molecule has 0 amide bonds. The molecule has 1 unspecified atom stereocenters. The third-order valence-electron chi connectivity index (χ3n) is 3.40. The fourth-order valence-electron chi connectivity index (χ4n) is 2.42. The molecule has 1 atom stereocenters. The van der Waals surface area contributed by atoms with E-state index in [9.17, 15) is 0 Å². The van der Waals surface area contributed by atoms with Gasteiger partial charge in [0.2, 0.25) is 0 Å². The number of alkyl halides is 1. The zero-order valence-electron chi connectivity index (χ0n) is 10.7. The molecule has 0 aliphatic carbocycles. The third-order valence-corrected chi connectivity index (χ3v) is 5.87. The van der Waals surface area contributed by atoms with E-state index < -0.39 is 0 Å². The first-order valence-corrected chi connectivity index (χ1v) is 8.64. The molecule has 0 saturated heterocycles. The van der Waals surface area contributed by atoms with Gasteiger partial charge in [-0.1, -0.05) is 75.5 Å². The Morgan fingerprint density at radius 2 is 1.85 bits per heavy atom. The molecule has 0 aliphatic rings.